The third kappa shape index (κ3) is 3.65. The van der Waals surface area contributed by atoms with Crippen LogP contribution in [0.5, 0.6) is 0 Å². The molecule has 1 heterocycles. The van der Waals surface area contributed by atoms with Gasteiger partial charge in [-0.15, -0.1) is 0 Å². The van der Waals surface area contributed by atoms with E-state index in [1.54, 1.807) is 0 Å². The molecule has 2 heteroatoms. The lowest BCUT2D eigenvalue weighted by molar-refractivity contribution is 1.18. The number of para-hydroxylation sites is 3. The van der Waals surface area contributed by atoms with E-state index in [9.17, 15) is 0 Å². The van der Waals surface area contributed by atoms with Gasteiger partial charge in [-0.2, -0.15) is 0 Å². The van der Waals surface area contributed by atoms with Crippen molar-refractivity contribution in [1.29, 1.82) is 0 Å². The van der Waals surface area contributed by atoms with Crippen molar-refractivity contribution < 1.29 is 0 Å². The molecule has 0 aliphatic heterocycles. The Morgan fingerprint density at radius 3 is 1.73 bits per heavy atom. The summed E-state index contributed by atoms with van der Waals surface area (Å²) >= 11 is 0. The molecule has 0 fully saturated rings. The van der Waals surface area contributed by atoms with Gasteiger partial charge in [0.05, 0.1) is 11.0 Å². The second kappa shape index (κ2) is 9.14. The largest absolute Gasteiger partial charge is 0.355 e. The van der Waals surface area contributed by atoms with Crippen LogP contribution in [0, 0.1) is 0 Å². The molecule has 2 nitrogen and oxygen atoms in total. The van der Waals surface area contributed by atoms with Crippen LogP contribution < -0.4 is 5.32 Å². The number of rotatable bonds is 4. The van der Waals surface area contributed by atoms with Crippen molar-refractivity contribution >= 4 is 54.7 Å². The molecular weight excluding hydrogens is 484 g/mol. The smallest absolute Gasteiger partial charge is 0.0541 e. The minimum Gasteiger partial charge on any atom is -0.355 e. The quantitative estimate of drug-likeness (QED) is 0.233. The normalized spacial score (nSPS) is 11.5. The molecule has 0 bridgehead atoms. The maximum Gasteiger partial charge on any atom is 0.0541 e. The molecule has 0 aliphatic carbocycles. The van der Waals surface area contributed by atoms with E-state index in [4.69, 9.17) is 0 Å². The summed E-state index contributed by atoms with van der Waals surface area (Å²) < 4.78 is 2.37. The molecule has 0 unspecified atom stereocenters. The third-order valence-corrected chi connectivity index (χ3v) is 7.93. The molecule has 8 aromatic rings. The van der Waals surface area contributed by atoms with Crippen molar-refractivity contribution in [2.45, 2.75) is 0 Å². The van der Waals surface area contributed by atoms with Crippen LogP contribution in [0.2, 0.25) is 0 Å². The Hall–Kier alpha value is -5.34. The SMILES string of the molecule is c1ccc(Nc2ccc3cc4ccccc4cc3c2-c2ccc(-n3c4ccccc4c4ccccc43)cc2)cc1. The van der Waals surface area contributed by atoms with E-state index < -0.39 is 0 Å². The highest BCUT2D eigenvalue weighted by Gasteiger charge is 2.14. The van der Waals surface area contributed by atoms with Gasteiger partial charge in [-0.3, -0.25) is 0 Å². The van der Waals surface area contributed by atoms with E-state index in [0.29, 0.717) is 0 Å². The van der Waals surface area contributed by atoms with Gasteiger partial charge in [0.2, 0.25) is 0 Å². The number of hydrogen-bond acceptors (Lipinski definition) is 1. The van der Waals surface area contributed by atoms with E-state index in [0.717, 1.165) is 17.1 Å². The van der Waals surface area contributed by atoms with Crippen molar-refractivity contribution in [1.82, 2.24) is 4.57 Å². The molecule has 0 saturated carbocycles. The van der Waals surface area contributed by atoms with E-state index in [1.165, 1.54) is 54.5 Å². The number of benzene rings is 7. The van der Waals surface area contributed by atoms with Crippen LogP contribution >= 0.6 is 0 Å². The van der Waals surface area contributed by atoms with E-state index >= 15 is 0 Å². The minimum atomic E-state index is 1.07. The van der Waals surface area contributed by atoms with E-state index in [-0.39, 0.29) is 0 Å². The molecule has 0 aliphatic rings. The van der Waals surface area contributed by atoms with Crippen LogP contribution in [0.4, 0.5) is 11.4 Å². The van der Waals surface area contributed by atoms with Crippen molar-refractivity contribution in [3.8, 4) is 16.8 Å². The Kier molecular flexibility index (Phi) is 5.17. The number of aromatic nitrogens is 1. The first kappa shape index (κ1) is 22.6. The van der Waals surface area contributed by atoms with Gasteiger partial charge in [0, 0.05) is 33.4 Å². The standard InChI is InChI=1S/C38H26N2/c1-2-12-30(13-3-1)39-35-23-20-29-24-27-10-4-5-11-28(27)25-34(29)38(35)26-18-21-31(22-19-26)40-36-16-8-6-14-32(36)33-15-7-9-17-37(33)40/h1-25,39H. The van der Waals surface area contributed by atoms with Gasteiger partial charge in [-0.25, -0.2) is 0 Å². The molecule has 40 heavy (non-hydrogen) atoms. The van der Waals surface area contributed by atoms with Crippen LogP contribution in [-0.2, 0) is 0 Å². The zero-order chi connectivity index (χ0) is 26.5. The fraction of sp³-hybridized carbons (Fsp3) is 0. The van der Waals surface area contributed by atoms with Crippen LogP contribution in [0.25, 0.3) is 60.2 Å². The van der Waals surface area contributed by atoms with Crippen LogP contribution in [-0.4, -0.2) is 4.57 Å². The summed E-state index contributed by atoms with van der Waals surface area (Å²) in [4.78, 5) is 0. The van der Waals surface area contributed by atoms with Gasteiger partial charge < -0.3 is 9.88 Å². The molecule has 0 atom stereocenters. The molecular formula is C38H26N2. The topological polar surface area (TPSA) is 17.0 Å². The van der Waals surface area contributed by atoms with Crippen LogP contribution in [0.3, 0.4) is 0 Å². The monoisotopic (exact) mass is 510 g/mol. The Balaban J connectivity index is 1.33. The van der Waals surface area contributed by atoms with Crippen molar-refractivity contribution in [3.05, 3.63) is 152 Å². The first-order valence-electron chi connectivity index (χ1n) is 13.7. The van der Waals surface area contributed by atoms with Gasteiger partial charge in [0.1, 0.15) is 0 Å². The number of fused-ring (bicyclic) bond motifs is 5. The predicted molar refractivity (Wildman–Crippen MR) is 171 cm³/mol. The number of hydrogen-bond donors (Lipinski definition) is 1. The molecule has 0 spiro atoms. The highest BCUT2D eigenvalue weighted by Crippen LogP contribution is 2.40. The number of anilines is 2. The van der Waals surface area contributed by atoms with Crippen LogP contribution in [0.15, 0.2) is 152 Å². The summed E-state index contributed by atoms with van der Waals surface area (Å²) in [6, 6.07) is 54.4. The average Bonchev–Trinajstić information content (AvgIpc) is 3.35. The maximum absolute atomic E-state index is 3.70. The minimum absolute atomic E-state index is 1.07. The second-order valence-electron chi connectivity index (χ2n) is 10.3. The second-order valence-corrected chi connectivity index (χ2v) is 10.3. The fourth-order valence-electron chi connectivity index (χ4n) is 6.08. The summed E-state index contributed by atoms with van der Waals surface area (Å²) in [5.41, 5.74) is 8.16. The van der Waals surface area contributed by atoms with Gasteiger partial charge >= 0.3 is 0 Å². The zero-order valence-electron chi connectivity index (χ0n) is 21.9. The average molecular weight is 511 g/mol. The molecule has 0 saturated heterocycles. The lowest BCUT2D eigenvalue weighted by Gasteiger charge is -2.17. The Bertz CT molecular complexity index is 2120. The highest BCUT2D eigenvalue weighted by molar-refractivity contribution is 6.10. The van der Waals surface area contributed by atoms with E-state index in [2.05, 4.69) is 155 Å². The maximum atomic E-state index is 3.70. The molecule has 0 radical (unpaired) electrons. The summed E-state index contributed by atoms with van der Waals surface area (Å²) in [6.45, 7) is 0. The van der Waals surface area contributed by atoms with Gasteiger partial charge in [-0.1, -0.05) is 97.1 Å². The van der Waals surface area contributed by atoms with Gasteiger partial charge in [-0.05, 0) is 81.7 Å². The van der Waals surface area contributed by atoms with E-state index in [1.807, 2.05) is 6.07 Å². The molecule has 1 N–H and O–H groups in total. The lowest BCUT2D eigenvalue weighted by Crippen LogP contribution is -1.96. The van der Waals surface area contributed by atoms with Crippen molar-refractivity contribution in [2.24, 2.45) is 0 Å². The van der Waals surface area contributed by atoms with Gasteiger partial charge in [0.15, 0.2) is 0 Å². The predicted octanol–water partition coefficient (Wildman–Crippen LogP) is 10.5. The summed E-state index contributed by atoms with van der Waals surface area (Å²) in [5, 5.41) is 11.2. The molecule has 1 aromatic heterocycles. The zero-order valence-corrected chi connectivity index (χ0v) is 21.9. The van der Waals surface area contributed by atoms with Crippen molar-refractivity contribution in [3.63, 3.8) is 0 Å². The lowest BCUT2D eigenvalue weighted by atomic mass is 9.93. The molecule has 7 aromatic carbocycles. The number of nitrogens with one attached hydrogen (secondary N) is 1. The molecule has 8 rings (SSSR count). The molecule has 188 valence electrons. The first-order valence-corrected chi connectivity index (χ1v) is 13.7. The first-order chi connectivity index (χ1) is 19.8. The fourth-order valence-corrected chi connectivity index (χ4v) is 6.08. The Morgan fingerprint density at radius 1 is 0.425 bits per heavy atom. The van der Waals surface area contributed by atoms with Crippen LogP contribution in [0.1, 0.15) is 0 Å². The summed E-state index contributed by atoms with van der Waals surface area (Å²) in [7, 11) is 0. The highest BCUT2D eigenvalue weighted by atomic mass is 15.0. The third-order valence-electron chi connectivity index (χ3n) is 7.93. The Morgan fingerprint density at radius 2 is 1.02 bits per heavy atom. The van der Waals surface area contributed by atoms with Crippen molar-refractivity contribution in [2.75, 3.05) is 5.32 Å². The molecule has 0 amide bonds. The Labute approximate surface area is 232 Å². The number of nitrogens with zero attached hydrogens (tertiary/aromatic N) is 1. The van der Waals surface area contributed by atoms with Gasteiger partial charge in [0.25, 0.3) is 0 Å². The summed E-state index contributed by atoms with van der Waals surface area (Å²) in [5.74, 6) is 0. The summed E-state index contributed by atoms with van der Waals surface area (Å²) in [6.07, 6.45) is 0.